The first-order valence-corrected chi connectivity index (χ1v) is 11.0. The number of benzene rings is 3. The second kappa shape index (κ2) is 9.39. The fourth-order valence-electron chi connectivity index (χ4n) is 4.18. The van der Waals surface area contributed by atoms with Crippen molar-refractivity contribution in [3.8, 4) is 0 Å². The molecule has 0 saturated carbocycles. The van der Waals surface area contributed by atoms with Gasteiger partial charge in [-0.15, -0.1) is 0 Å². The lowest BCUT2D eigenvalue weighted by atomic mass is 9.90. The van der Waals surface area contributed by atoms with Crippen molar-refractivity contribution in [3.63, 3.8) is 0 Å². The Kier molecular flexibility index (Phi) is 6.38. The monoisotopic (exact) mass is 437 g/mol. The van der Waals surface area contributed by atoms with Crippen LogP contribution in [0.4, 0.5) is 5.69 Å². The van der Waals surface area contributed by atoms with E-state index in [1.807, 2.05) is 74.5 Å². The van der Waals surface area contributed by atoms with Gasteiger partial charge in [-0.25, -0.2) is 0 Å². The van der Waals surface area contributed by atoms with Crippen LogP contribution in [0.1, 0.15) is 34.2 Å². The van der Waals surface area contributed by atoms with E-state index in [0.717, 1.165) is 22.3 Å². The minimum atomic E-state index is -1.88. The SMILES string of the molecule is Cc1ccc(C)c(CN2C(=O)C(O)(CC(=O)/C=C/C=C/c3ccccc3)c3ccccc32)c1. The molecule has 1 aliphatic rings. The van der Waals surface area contributed by atoms with Crippen LogP contribution in [0.15, 0.2) is 91.0 Å². The van der Waals surface area contributed by atoms with E-state index in [0.29, 0.717) is 17.8 Å². The first-order valence-electron chi connectivity index (χ1n) is 11.0. The van der Waals surface area contributed by atoms with E-state index in [2.05, 4.69) is 6.07 Å². The summed E-state index contributed by atoms with van der Waals surface area (Å²) in [5.74, 6) is -0.780. The van der Waals surface area contributed by atoms with Crippen molar-refractivity contribution in [3.05, 3.63) is 119 Å². The Morgan fingerprint density at radius 1 is 0.970 bits per heavy atom. The average Bonchev–Trinajstić information content (AvgIpc) is 3.01. The fourth-order valence-corrected chi connectivity index (χ4v) is 4.18. The lowest BCUT2D eigenvalue weighted by Gasteiger charge is -2.23. The number of hydrogen-bond donors (Lipinski definition) is 1. The van der Waals surface area contributed by atoms with Crippen molar-refractivity contribution in [2.45, 2.75) is 32.4 Å². The molecule has 0 bridgehead atoms. The molecule has 0 radical (unpaired) electrons. The third-order valence-corrected chi connectivity index (χ3v) is 5.98. The van der Waals surface area contributed by atoms with Crippen LogP contribution in [-0.2, 0) is 21.7 Å². The number of amides is 1. The first kappa shape index (κ1) is 22.4. The highest BCUT2D eigenvalue weighted by atomic mass is 16.3. The van der Waals surface area contributed by atoms with Crippen LogP contribution >= 0.6 is 0 Å². The molecule has 1 heterocycles. The van der Waals surface area contributed by atoms with Crippen molar-refractivity contribution >= 4 is 23.5 Å². The maximum atomic E-state index is 13.4. The zero-order valence-corrected chi connectivity index (χ0v) is 18.9. The summed E-state index contributed by atoms with van der Waals surface area (Å²) in [6.45, 7) is 4.36. The average molecular weight is 438 g/mol. The summed E-state index contributed by atoms with van der Waals surface area (Å²) in [6, 6.07) is 23.0. The quantitative estimate of drug-likeness (QED) is 0.405. The molecule has 3 aromatic carbocycles. The highest BCUT2D eigenvalue weighted by Gasteiger charge is 2.50. The third-order valence-electron chi connectivity index (χ3n) is 5.98. The molecule has 4 nitrogen and oxygen atoms in total. The number of nitrogens with zero attached hydrogens (tertiary/aromatic N) is 1. The zero-order valence-electron chi connectivity index (χ0n) is 18.9. The van der Waals surface area contributed by atoms with Crippen LogP contribution in [0.5, 0.6) is 0 Å². The Morgan fingerprint density at radius 2 is 1.70 bits per heavy atom. The predicted molar refractivity (Wildman–Crippen MR) is 132 cm³/mol. The van der Waals surface area contributed by atoms with Crippen molar-refractivity contribution in [2.75, 3.05) is 4.90 Å². The maximum Gasteiger partial charge on any atom is 0.264 e. The van der Waals surface area contributed by atoms with Gasteiger partial charge in [0, 0.05) is 5.56 Å². The van der Waals surface area contributed by atoms with Gasteiger partial charge in [0.2, 0.25) is 0 Å². The van der Waals surface area contributed by atoms with Gasteiger partial charge in [0.1, 0.15) is 0 Å². The number of aryl methyl sites for hydroxylation is 2. The number of aliphatic hydroxyl groups is 1. The summed E-state index contributed by atoms with van der Waals surface area (Å²) in [7, 11) is 0. The topological polar surface area (TPSA) is 57.6 Å². The van der Waals surface area contributed by atoms with Gasteiger partial charge < -0.3 is 10.0 Å². The van der Waals surface area contributed by atoms with E-state index < -0.39 is 11.5 Å². The standard InChI is InChI=1S/C29H27NO3/c1-21-16-17-22(2)24(18-21)20-30-27-15-9-8-14-26(27)29(33,28(30)32)19-25(31)13-7-6-12-23-10-4-3-5-11-23/h3-18,33H,19-20H2,1-2H3/b12-6+,13-7+. The number of rotatable bonds is 7. The molecule has 1 aliphatic heterocycles. The first-order chi connectivity index (χ1) is 15.9. The highest BCUT2D eigenvalue weighted by Crippen LogP contribution is 2.43. The largest absolute Gasteiger partial charge is 0.375 e. The molecule has 3 aromatic rings. The minimum absolute atomic E-state index is 0.304. The highest BCUT2D eigenvalue weighted by molar-refractivity contribution is 6.09. The van der Waals surface area contributed by atoms with E-state index in [1.165, 1.54) is 6.08 Å². The van der Waals surface area contributed by atoms with E-state index in [9.17, 15) is 14.7 Å². The van der Waals surface area contributed by atoms with Gasteiger partial charge in [-0.2, -0.15) is 0 Å². The van der Waals surface area contributed by atoms with Gasteiger partial charge in [-0.05, 0) is 42.7 Å². The third kappa shape index (κ3) is 4.71. The number of para-hydroxylation sites is 1. The summed E-state index contributed by atoms with van der Waals surface area (Å²) < 4.78 is 0. The normalized spacial score (nSPS) is 17.8. The van der Waals surface area contributed by atoms with Crippen LogP contribution in [0.2, 0.25) is 0 Å². The molecule has 4 rings (SSSR count). The van der Waals surface area contributed by atoms with Gasteiger partial charge in [0.15, 0.2) is 11.4 Å². The molecule has 33 heavy (non-hydrogen) atoms. The van der Waals surface area contributed by atoms with Crippen molar-refractivity contribution in [2.24, 2.45) is 0 Å². The minimum Gasteiger partial charge on any atom is -0.375 e. The Morgan fingerprint density at radius 3 is 2.48 bits per heavy atom. The smallest absolute Gasteiger partial charge is 0.264 e. The van der Waals surface area contributed by atoms with Crippen LogP contribution in [-0.4, -0.2) is 16.8 Å². The van der Waals surface area contributed by atoms with Crippen LogP contribution in [0, 0.1) is 13.8 Å². The van der Waals surface area contributed by atoms with E-state index in [-0.39, 0.29) is 12.2 Å². The van der Waals surface area contributed by atoms with Crippen LogP contribution in [0.25, 0.3) is 6.08 Å². The van der Waals surface area contributed by atoms with E-state index in [4.69, 9.17) is 0 Å². The molecule has 1 unspecified atom stereocenters. The van der Waals surface area contributed by atoms with Gasteiger partial charge >= 0.3 is 0 Å². The second-order valence-electron chi connectivity index (χ2n) is 8.47. The molecule has 4 heteroatoms. The Balaban J connectivity index is 1.54. The molecular formula is C29H27NO3. The molecule has 0 saturated heterocycles. The molecule has 1 atom stereocenters. The molecule has 1 N–H and O–H groups in total. The Hall–Kier alpha value is -3.76. The van der Waals surface area contributed by atoms with E-state index in [1.54, 1.807) is 29.2 Å². The summed E-state index contributed by atoms with van der Waals surface area (Å²) in [6.07, 6.45) is 6.40. The summed E-state index contributed by atoms with van der Waals surface area (Å²) in [4.78, 5) is 27.7. The fraction of sp³-hybridized carbons (Fsp3) is 0.172. The molecule has 0 spiro atoms. The maximum absolute atomic E-state index is 13.4. The number of ketones is 1. The van der Waals surface area contributed by atoms with Crippen LogP contribution in [0.3, 0.4) is 0 Å². The van der Waals surface area contributed by atoms with Crippen LogP contribution < -0.4 is 4.90 Å². The lowest BCUT2D eigenvalue weighted by molar-refractivity contribution is -0.140. The number of hydrogen-bond acceptors (Lipinski definition) is 3. The molecule has 0 aliphatic carbocycles. The van der Waals surface area contributed by atoms with Gasteiger partial charge in [-0.3, -0.25) is 9.59 Å². The number of allylic oxidation sites excluding steroid dienone is 3. The Bertz CT molecular complexity index is 1240. The Labute approximate surface area is 194 Å². The molecular weight excluding hydrogens is 410 g/mol. The second-order valence-corrected chi connectivity index (χ2v) is 8.47. The summed E-state index contributed by atoms with van der Waals surface area (Å²) in [5, 5.41) is 11.4. The molecule has 166 valence electrons. The molecule has 0 aromatic heterocycles. The number of fused-ring (bicyclic) bond motifs is 1. The lowest BCUT2D eigenvalue weighted by Crippen LogP contribution is -2.41. The van der Waals surface area contributed by atoms with Crippen molar-refractivity contribution < 1.29 is 14.7 Å². The number of carbonyl (C=O) groups is 2. The molecule has 1 amide bonds. The summed E-state index contributed by atoms with van der Waals surface area (Å²) >= 11 is 0. The van der Waals surface area contributed by atoms with Crippen molar-refractivity contribution in [1.29, 1.82) is 0 Å². The number of carbonyl (C=O) groups excluding carboxylic acids is 2. The van der Waals surface area contributed by atoms with Gasteiger partial charge in [0.25, 0.3) is 5.91 Å². The van der Waals surface area contributed by atoms with Gasteiger partial charge in [0.05, 0.1) is 18.7 Å². The van der Waals surface area contributed by atoms with E-state index >= 15 is 0 Å². The molecule has 0 fully saturated rings. The number of anilines is 1. The summed E-state index contributed by atoms with van der Waals surface area (Å²) in [5.41, 5.74) is 3.46. The van der Waals surface area contributed by atoms with Crippen molar-refractivity contribution in [1.82, 2.24) is 0 Å². The zero-order chi connectivity index (χ0) is 23.4. The predicted octanol–water partition coefficient (Wildman–Crippen LogP) is 5.27. The van der Waals surface area contributed by atoms with Gasteiger partial charge in [-0.1, -0.05) is 90.5 Å².